The molecule has 0 aliphatic heterocycles. The van der Waals surface area contributed by atoms with E-state index in [2.05, 4.69) is 10.6 Å². The molecule has 0 saturated carbocycles. The minimum atomic E-state index is -0.265. The first kappa shape index (κ1) is 22.2. The maximum atomic E-state index is 12.7. The second-order valence-corrected chi connectivity index (χ2v) is 7.15. The van der Waals surface area contributed by atoms with Crippen LogP contribution in [0, 0.1) is 0 Å². The van der Waals surface area contributed by atoms with Crippen LogP contribution in [0.1, 0.15) is 29.8 Å². The molecule has 0 heterocycles. The Kier molecular flexibility index (Phi) is 7.51. The second-order valence-electron chi connectivity index (χ2n) is 6.71. The molecular weight excluding hydrogens is 416 g/mol. The third kappa shape index (κ3) is 6.49. The van der Waals surface area contributed by atoms with Crippen LogP contribution in [0.3, 0.4) is 0 Å². The maximum Gasteiger partial charge on any atom is 0.255 e. The predicted molar refractivity (Wildman–Crippen MR) is 122 cm³/mol. The lowest BCUT2D eigenvalue weighted by Gasteiger charge is -2.14. The van der Waals surface area contributed by atoms with E-state index in [1.807, 2.05) is 19.1 Å². The van der Waals surface area contributed by atoms with E-state index in [1.54, 1.807) is 54.6 Å². The first-order valence-electron chi connectivity index (χ1n) is 9.77. The number of benzene rings is 3. The zero-order valence-electron chi connectivity index (χ0n) is 17.3. The molecule has 160 valence electrons. The van der Waals surface area contributed by atoms with Crippen LogP contribution in [0.5, 0.6) is 11.5 Å². The number of halogens is 1. The highest BCUT2D eigenvalue weighted by Crippen LogP contribution is 2.25. The van der Waals surface area contributed by atoms with Gasteiger partial charge in [-0.2, -0.15) is 0 Å². The van der Waals surface area contributed by atoms with Crippen LogP contribution in [0.2, 0.25) is 5.02 Å². The van der Waals surface area contributed by atoms with Gasteiger partial charge in [0.25, 0.3) is 5.91 Å². The van der Waals surface area contributed by atoms with E-state index in [1.165, 1.54) is 6.92 Å². The summed E-state index contributed by atoms with van der Waals surface area (Å²) in [6.07, 6.45) is 0. The molecule has 0 unspecified atom stereocenters. The van der Waals surface area contributed by atoms with Crippen molar-refractivity contribution in [3.05, 3.63) is 82.9 Å². The maximum absolute atomic E-state index is 12.7. The number of anilines is 2. The van der Waals surface area contributed by atoms with E-state index in [0.717, 1.165) is 5.56 Å². The van der Waals surface area contributed by atoms with E-state index < -0.39 is 0 Å². The van der Waals surface area contributed by atoms with Crippen LogP contribution in [0.25, 0.3) is 0 Å². The van der Waals surface area contributed by atoms with Crippen LogP contribution in [0.4, 0.5) is 11.4 Å². The van der Waals surface area contributed by atoms with Crippen molar-refractivity contribution in [2.45, 2.75) is 20.5 Å². The number of ether oxygens (including phenoxy) is 2. The Morgan fingerprint density at radius 1 is 0.903 bits per heavy atom. The fraction of sp³-hybridized carbons (Fsp3) is 0.167. The van der Waals surface area contributed by atoms with Crippen molar-refractivity contribution in [2.24, 2.45) is 0 Å². The molecule has 0 fully saturated rings. The van der Waals surface area contributed by atoms with Gasteiger partial charge in [-0.15, -0.1) is 0 Å². The van der Waals surface area contributed by atoms with Crippen LogP contribution in [0.15, 0.2) is 66.7 Å². The smallest absolute Gasteiger partial charge is 0.255 e. The lowest BCUT2D eigenvalue weighted by atomic mass is 10.1. The summed E-state index contributed by atoms with van der Waals surface area (Å²) in [6, 6.07) is 19.2. The summed E-state index contributed by atoms with van der Waals surface area (Å²) >= 11 is 6.01. The van der Waals surface area contributed by atoms with Crippen molar-refractivity contribution < 1.29 is 19.1 Å². The molecule has 2 N–H and O–H groups in total. The SMILES string of the molecule is CCOc1ccc(C(=O)Nc2ccc(NC(C)=O)cc2)cc1COc1cccc(Cl)c1. The number of nitrogens with one attached hydrogen (secondary N) is 2. The predicted octanol–water partition coefficient (Wildman–Crippen LogP) is 5.53. The lowest BCUT2D eigenvalue weighted by molar-refractivity contribution is -0.114. The summed E-state index contributed by atoms with van der Waals surface area (Å²) in [5.74, 6) is 0.864. The van der Waals surface area contributed by atoms with Crippen molar-refractivity contribution in [1.82, 2.24) is 0 Å². The first-order chi connectivity index (χ1) is 14.9. The standard InChI is InChI=1S/C24H23ClN2O4/c1-3-30-23-12-7-17(13-18(23)15-31-22-6-4-5-19(25)14-22)24(29)27-21-10-8-20(9-11-21)26-16(2)28/h4-14H,3,15H2,1-2H3,(H,26,28)(H,27,29). The van der Waals surface area contributed by atoms with E-state index in [4.69, 9.17) is 21.1 Å². The fourth-order valence-corrected chi connectivity index (χ4v) is 3.07. The number of amides is 2. The number of carbonyl (C=O) groups excluding carboxylic acids is 2. The Labute approximate surface area is 186 Å². The van der Waals surface area contributed by atoms with Crippen molar-refractivity contribution >= 4 is 34.8 Å². The van der Waals surface area contributed by atoms with Gasteiger partial charge in [-0.25, -0.2) is 0 Å². The van der Waals surface area contributed by atoms with Gasteiger partial charge >= 0.3 is 0 Å². The summed E-state index contributed by atoms with van der Waals surface area (Å²) in [4.78, 5) is 23.9. The Morgan fingerprint density at radius 3 is 2.26 bits per heavy atom. The van der Waals surface area contributed by atoms with Gasteiger partial charge in [0.05, 0.1) is 6.61 Å². The Morgan fingerprint density at radius 2 is 1.61 bits per heavy atom. The van der Waals surface area contributed by atoms with E-state index >= 15 is 0 Å². The topological polar surface area (TPSA) is 76.7 Å². The lowest BCUT2D eigenvalue weighted by Crippen LogP contribution is -2.13. The normalized spacial score (nSPS) is 10.3. The summed E-state index contributed by atoms with van der Waals surface area (Å²) < 4.78 is 11.5. The third-order valence-corrected chi connectivity index (χ3v) is 4.51. The van der Waals surface area contributed by atoms with E-state index in [0.29, 0.717) is 40.1 Å². The zero-order valence-corrected chi connectivity index (χ0v) is 18.0. The van der Waals surface area contributed by atoms with Crippen LogP contribution < -0.4 is 20.1 Å². The van der Waals surface area contributed by atoms with E-state index in [-0.39, 0.29) is 18.4 Å². The molecule has 0 bridgehead atoms. The Bertz CT molecular complexity index is 1070. The van der Waals surface area contributed by atoms with Gasteiger partial charge in [0, 0.05) is 34.4 Å². The molecule has 0 radical (unpaired) electrons. The number of hydrogen-bond acceptors (Lipinski definition) is 4. The van der Waals surface area contributed by atoms with Crippen molar-refractivity contribution in [1.29, 1.82) is 0 Å². The molecule has 0 aromatic heterocycles. The molecule has 0 spiro atoms. The monoisotopic (exact) mass is 438 g/mol. The van der Waals surface area contributed by atoms with Crippen LogP contribution in [-0.2, 0) is 11.4 Å². The molecule has 0 saturated heterocycles. The van der Waals surface area contributed by atoms with Gasteiger partial charge in [0.1, 0.15) is 18.1 Å². The number of rotatable bonds is 8. The molecule has 3 aromatic rings. The summed E-state index contributed by atoms with van der Waals surface area (Å²) in [6.45, 7) is 4.06. The highest BCUT2D eigenvalue weighted by molar-refractivity contribution is 6.30. The van der Waals surface area contributed by atoms with Crippen LogP contribution in [-0.4, -0.2) is 18.4 Å². The quantitative estimate of drug-likeness (QED) is 0.485. The first-order valence-corrected chi connectivity index (χ1v) is 10.2. The van der Waals surface area contributed by atoms with Gasteiger partial charge in [-0.1, -0.05) is 17.7 Å². The van der Waals surface area contributed by atoms with Gasteiger partial charge in [-0.3, -0.25) is 9.59 Å². The summed E-state index contributed by atoms with van der Waals surface area (Å²) in [5, 5.41) is 6.12. The average Bonchev–Trinajstić information content (AvgIpc) is 2.74. The molecule has 0 aliphatic rings. The molecule has 0 atom stereocenters. The Balaban J connectivity index is 1.73. The number of carbonyl (C=O) groups is 2. The molecule has 7 heteroatoms. The minimum Gasteiger partial charge on any atom is -0.493 e. The summed E-state index contributed by atoms with van der Waals surface area (Å²) in [7, 11) is 0. The molecule has 0 aliphatic carbocycles. The zero-order chi connectivity index (χ0) is 22.2. The average molecular weight is 439 g/mol. The highest BCUT2D eigenvalue weighted by atomic mass is 35.5. The fourth-order valence-electron chi connectivity index (χ4n) is 2.89. The molecule has 3 rings (SSSR count). The van der Waals surface area contributed by atoms with Gasteiger partial charge in [0.15, 0.2) is 0 Å². The van der Waals surface area contributed by atoms with Gasteiger partial charge < -0.3 is 20.1 Å². The highest BCUT2D eigenvalue weighted by Gasteiger charge is 2.12. The van der Waals surface area contributed by atoms with Gasteiger partial charge in [0.2, 0.25) is 5.91 Å². The molecule has 2 amide bonds. The molecular formula is C24H23ClN2O4. The van der Waals surface area contributed by atoms with Crippen molar-refractivity contribution in [3.63, 3.8) is 0 Å². The largest absolute Gasteiger partial charge is 0.493 e. The Hall–Kier alpha value is -3.51. The second kappa shape index (κ2) is 10.5. The molecule has 3 aromatic carbocycles. The van der Waals surface area contributed by atoms with E-state index in [9.17, 15) is 9.59 Å². The summed E-state index contributed by atoms with van der Waals surface area (Å²) in [5.41, 5.74) is 2.49. The number of hydrogen-bond donors (Lipinski definition) is 2. The van der Waals surface area contributed by atoms with Crippen molar-refractivity contribution in [2.75, 3.05) is 17.2 Å². The minimum absolute atomic E-state index is 0.154. The van der Waals surface area contributed by atoms with Crippen LogP contribution >= 0.6 is 11.6 Å². The van der Waals surface area contributed by atoms with Gasteiger partial charge in [-0.05, 0) is 67.6 Å². The molecule has 31 heavy (non-hydrogen) atoms. The molecule has 6 nitrogen and oxygen atoms in total. The van der Waals surface area contributed by atoms with Crippen molar-refractivity contribution in [3.8, 4) is 11.5 Å². The third-order valence-electron chi connectivity index (χ3n) is 4.28.